The van der Waals surface area contributed by atoms with Crippen molar-refractivity contribution in [1.29, 1.82) is 0 Å². The van der Waals surface area contributed by atoms with Crippen molar-refractivity contribution < 1.29 is 28.8 Å². The minimum atomic E-state index is -1.14. The third-order valence-corrected chi connectivity index (χ3v) is 3.51. The number of ether oxygens (including phenoxy) is 5. The number of aliphatic hydroxyl groups excluding tert-OH is 1. The molecule has 0 saturated carbocycles. The van der Waals surface area contributed by atoms with Crippen molar-refractivity contribution in [2.24, 2.45) is 0 Å². The summed E-state index contributed by atoms with van der Waals surface area (Å²) in [7, 11) is 0. The van der Waals surface area contributed by atoms with E-state index in [1.54, 1.807) is 13.8 Å². The van der Waals surface area contributed by atoms with Crippen LogP contribution in [0.5, 0.6) is 0 Å². The van der Waals surface area contributed by atoms with E-state index in [2.05, 4.69) is 0 Å². The lowest BCUT2D eigenvalue weighted by Crippen LogP contribution is -2.51. The van der Waals surface area contributed by atoms with Crippen LogP contribution < -0.4 is 0 Å². The van der Waals surface area contributed by atoms with Gasteiger partial charge in [-0.2, -0.15) is 0 Å². The fourth-order valence-corrected chi connectivity index (χ4v) is 2.89. The van der Waals surface area contributed by atoms with Crippen LogP contribution in [0.2, 0.25) is 0 Å². The van der Waals surface area contributed by atoms with E-state index in [0.717, 1.165) is 0 Å². The SMILES string of the molecule is CC1(C)OC[C@H]2OC3(CO)OC(C)(C)O[C@H]3[C@H]2O1. The van der Waals surface area contributed by atoms with Gasteiger partial charge in [-0.25, -0.2) is 0 Å². The molecule has 0 radical (unpaired) electrons. The van der Waals surface area contributed by atoms with Crippen LogP contribution in [-0.4, -0.2) is 54.0 Å². The number of rotatable bonds is 1. The minimum absolute atomic E-state index is 0.266. The minimum Gasteiger partial charge on any atom is -0.391 e. The van der Waals surface area contributed by atoms with Crippen LogP contribution in [0, 0.1) is 0 Å². The standard InChI is InChI=1S/C12H20O6/c1-10(2)14-5-7-8(16-10)9-12(6-13,15-7)18-11(3,4)17-9/h7-9,13H,5-6H2,1-4H3/t7-,8+,9+,12?/m1/s1. The van der Waals surface area contributed by atoms with Crippen LogP contribution in [-0.2, 0) is 23.7 Å². The highest BCUT2D eigenvalue weighted by molar-refractivity contribution is 5.04. The molecule has 104 valence electrons. The predicted molar refractivity (Wildman–Crippen MR) is 59.6 cm³/mol. The van der Waals surface area contributed by atoms with E-state index in [1.807, 2.05) is 13.8 Å². The van der Waals surface area contributed by atoms with Crippen LogP contribution in [0.1, 0.15) is 27.7 Å². The summed E-state index contributed by atoms with van der Waals surface area (Å²) in [6.07, 6.45) is -1.00. The molecular weight excluding hydrogens is 240 g/mol. The first-order valence-electron chi connectivity index (χ1n) is 6.25. The molecule has 1 unspecified atom stereocenters. The van der Waals surface area contributed by atoms with Crippen LogP contribution in [0.3, 0.4) is 0 Å². The summed E-state index contributed by atoms with van der Waals surface area (Å²) >= 11 is 0. The Balaban J connectivity index is 1.88. The second-order valence-electron chi connectivity index (χ2n) is 5.96. The zero-order valence-corrected chi connectivity index (χ0v) is 11.1. The summed E-state index contributed by atoms with van der Waals surface area (Å²) in [6, 6.07) is 0. The van der Waals surface area contributed by atoms with Crippen LogP contribution in [0.15, 0.2) is 0 Å². The van der Waals surface area contributed by atoms with Gasteiger partial charge in [0.25, 0.3) is 0 Å². The van der Waals surface area contributed by atoms with Crippen LogP contribution in [0.25, 0.3) is 0 Å². The van der Waals surface area contributed by atoms with Gasteiger partial charge >= 0.3 is 0 Å². The summed E-state index contributed by atoms with van der Waals surface area (Å²) in [5, 5.41) is 9.61. The highest BCUT2D eigenvalue weighted by Gasteiger charge is 2.67. The Morgan fingerprint density at radius 3 is 2.44 bits per heavy atom. The molecule has 6 nitrogen and oxygen atoms in total. The van der Waals surface area contributed by atoms with Gasteiger partial charge in [0.05, 0.1) is 6.61 Å². The largest absolute Gasteiger partial charge is 0.391 e. The zero-order valence-electron chi connectivity index (χ0n) is 11.1. The molecule has 0 spiro atoms. The van der Waals surface area contributed by atoms with E-state index < -0.39 is 23.5 Å². The van der Waals surface area contributed by atoms with Crippen LogP contribution >= 0.6 is 0 Å². The quantitative estimate of drug-likeness (QED) is 0.735. The molecule has 0 aromatic carbocycles. The van der Waals surface area contributed by atoms with E-state index in [1.165, 1.54) is 0 Å². The molecule has 18 heavy (non-hydrogen) atoms. The van der Waals surface area contributed by atoms with E-state index in [4.69, 9.17) is 23.7 Å². The molecule has 4 atom stereocenters. The molecule has 1 N–H and O–H groups in total. The van der Waals surface area contributed by atoms with Gasteiger partial charge in [-0.3, -0.25) is 0 Å². The Morgan fingerprint density at radius 1 is 1.06 bits per heavy atom. The average Bonchev–Trinajstić information content (AvgIpc) is 2.66. The average molecular weight is 260 g/mol. The number of fused-ring (bicyclic) bond motifs is 3. The number of hydrogen-bond donors (Lipinski definition) is 1. The second-order valence-corrected chi connectivity index (χ2v) is 5.96. The third kappa shape index (κ3) is 1.79. The zero-order chi connectivity index (χ0) is 13.2. The lowest BCUT2D eigenvalue weighted by molar-refractivity contribution is -0.330. The number of hydrogen-bond acceptors (Lipinski definition) is 6. The maximum Gasteiger partial charge on any atom is 0.224 e. The van der Waals surface area contributed by atoms with Gasteiger partial charge in [-0.1, -0.05) is 0 Å². The first-order chi connectivity index (χ1) is 8.27. The molecule has 3 saturated heterocycles. The summed E-state index contributed by atoms with van der Waals surface area (Å²) in [6.45, 7) is 7.43. The Morgan fingerprint density at radius 2 is 1.78 bits per heavy atom. The van der Waals surface area contributed by atoms with Crippen molar-refractivity contribution in [3.8, 4) is 0 Å². The first kappa shape index (κ1) is 12.8. The van der Waals surface area contributed by atoms with Crippen LogP contribution in [0.4, 0.5) is 0 Å². The fourth-order valence-electron chi connectivity index (χ4n) is 2.89. The molecular formula is C12H20O6. The molecule has 0 aliphatic carbocycles. The molecule has 0 bridgehead atoms. The number of aliphatic hydroxyl groups is 1. The molecule has 3 fully saturated rings. The van der Waals surface area contributed by atoms with E-state index >= 15 is 0 Å². The Kier molecular flexibility index (Phi) is 2.59. The van der Waals surface area contributed by atoms with Gasteiger partial charge in [0.15, 0.2) is 11.6 Å². The third-order valence-electron chi connectivity index (χ3n) is 3.51. The Labute approximate surface area is 106 Å². The van der Waals surface area contributed by atoms with E-state index in [0.29, 0.717) is 6.61 Å². The molecule has 0 amide bonds. The highest BCUT2D eigenvalue weighted by atomic mass is 16.9. The van der Waals surface area contributed by atoms with Gasteiger partial charge in [0.1, 0.15) is 24.9 Å². The maximum absolute atomic E-state index is 9.61. The molecule has 3 aliphatic rings. The summed E-state index contributed by atoms with van der Waals surface area (Å²) in [4.78, 5) is 0. The van der Waals surface area contributed by atoms with Crippen molar-refractivity contribution in [1.82, 2.24) is 0 Å². The molecule has 6 heteroatoms. The summed E-state index contributed by atoms with van der Waals surface area (Å²) < 4.78 is 28.8. The van der Waals surface area contributed by atoms with Crippen molar-refractivity contribution in [3.05, 3.63) is 0 Å². The monoisotopic (exact) mass is 260 g/mol. The molecule has 3 rings (SSSR count). The van der Waals surface area contributed by atoms with Crippen molar-refractivity contribution in [2.75, 3.05) is 13.2 Å². The normalized spacial score (nSPS) is 48.8. The Hall–Kier alpha value is -0.240. The first-order valence-corrected chi connectivity index (χ1v) is 6.25. The lowest BCUT2D eigenvalue weighted by Gasteiger charge is -2.38. The van der Waals surface area contributed by atoms with E-state index in [-0.39, 0.29) is 18.8 Å². The highest BCUT2D eigenvalue weighted by Crippen LogP contribution is 2.48. The second kappa shape index (κ2) is 3.65. The Bertz CT molecular complexity index is 354. The summed E-state index contributed by atoms with van der Waals surface area (Å²) in [5.74, 6) is -2.60. The smallest absolute Gasteiger partial charge is 0.224 e. The maximum atomic E-state index is 9.61. The predicted octanol–water partition coefficient (Wildman–Crippen LogP) is 0.377. The molecule has 0 aromatic heterocycles. The van der Waals surface area contributed by atoms with Crippen molar-refractivity contribution in [3.63, 3.8) is 0 Å². The van der Waals surface area contributed by atoms with Gasteiger partial charge in [-0.15, -0.1) is 0 Å². The van der Waals surface area contributed by atoms with E-state index in [9.17, 15) is 5.11 Å². The summed E-state index contributed by atoms with van der Waals surface area (Å²) in [5.41, 5.74) is 0. The van der Waals surface area contributed by atoms with Gasteiger partial charge in [-0.05, 0) is 27.7 Å². The van der Waals surface area contributed by atoms with Gasteiger partial charge < -0.3 is 28.8 Å². The molecule has 0 aromatic rings. The van der Waals surface area contributed by atoms with Gasteiger partial charge in [0, 0.05) is 0 Å². The topological polar surface area (TPSA) is 66.4 Å². The van der Waals surface area contributed by atoms with Crippen molar-refractivity contribution >= 4 is 0 Å². The fraction of sp³-hybridized carbons (Fsp3) is 1.00. The molecule has 3 aliphatic heterocycles. The van der Waals surface area contributed by atoms with Crippen molar-refractivity contribution in [2.45, 2.75) is 63.4 Å². The lowest BCUT2D eigenvalue weighted by atomic mass is 10.0. The molecule has 3 heterocycles. The van der Waals surface area contributed by atoms with Gasteiger partial charge in [0.2, 0.25) is 5.79 Å².